The molecule has 2 atom stereocenters. The van der Waals surface area contributed by atoms with Crippen LogP contribution >= 0.6 is 0 Å². The van der Waals surface area contributed by atoms with Crippen LogP contribution in [0.4, 0.5) is 0 Å². The first-order chi connectivity index (χ1) is 10.5. The summed E-state index contributed by atoms with van der Waals surface area (Å²) >= 11 is 0. The van der Waals surface area contributed by atoms with Crippen LogP contribution < -0.4 is 0 Å². The molecule has 0 bridgehead atoms. The molecule has 1 aromatic rings. The molecule has 1 aromatic carbocycles. The lowest BCUT2D eigenvalue weighted by Crippen LogP contribution is -2.31. The standard InChI is InChI=1S/C17H23NO4/c1-2-3-14-9-18(10-15(14)17(21)22)16(20)8-12-4-6-13(11-19)7-5-12/h4-7,14-15,19H,2-3,8-11H2,1H3,(H,21,22)/t14-,15-/m1/s1. The van der Waals surface area contributed by atoms with Crippen molar-refractivity contribution in [1.82, 2.24) is 4.90 Å². The quantitative estimate of drug-likeness (QED) is 0.838. The Kier molecular flexibility index (Phi) is 5.55. The Bertz CT molecular complexity index is 526. The third-order valence-electron chi connectivity index (χ3n) is 4.33. The fourth-order valence-electron chi connectivity index (χ4n) is 3.07. The molecule has 2 rings (SSSR count). The van der Waals surface area contributed by atoms with E-state index in [1.54, 1.807) is 17.0 Å². The molecular weight excluding hydrogens is 282 g/mol. The normalized spacial score (nSPS) is 21.1. The molecule has 1 aliphatic rings. The minimum absolute atomic E-state index is 0.0145. The van der Waals surface area contributed by atoms with Crippen molar-refractivity contribution in [2.24, 2.45) is 11.8 Å². The lowest BCUT2D eigenvalue weighted by molar-refractivity contribution is -0.142. The minimum atomic E-state index is -0.805. The Balaban J connectivity index is 1.98. The van der Waals surface area contributed by atoms with E-state index in [0.29, 0.717) is 13.1 Å². The zero-order valence-electron chi connectivity index (χ0n) is 12.9. The topological polar surface area (TPSA) is 77.8 Å². The first-order valence-electron chi connectivity index (χ1n) is 7.74. The molecule has 22 heavy (non-hydrogen) atoms. The smallest absolute Gasteiger partial charge is 0.308 e. The molecule has 0 spiro atoms. The third-order valence-corrected chi connectivity index (χ3v) is 4.33. The average molecular weight is 305 g/mol. The summed E-state index contributed by atoms with van der Waals surface area (Å²) in [6.45, 7) is 2.87. The molecular formula is C17H23NO4. The van der Waals surface area contributed by atoms with Crippen LogP contribution in [0.15, 0.2) is 24.3 Å². The molecule has 1 saturated heterocycles. The van der Waals surface area contributed by atoms with Crippen LogP contribution in [0, 0.1) is 11.8 Å². The number of benzene rings is 1. The summed E-state index contributed by atoms with van der Waals surface area (Å²) in [6, 6.07) is 7.26. The molecule has 5 heteroatoms. The van der Waals surface area contributed by atoms with E-state index in [4.69, 9.17) is 5.11 Å². The molecule has 0 unspecified atom stereocenters. The molecule has 2 N–H and O–H groups in total. The summed E-state index contributed by atoms with van der Waals surface area (Å²) in [6.07, 6.45) is 2.04. The first-order valence-corrected chi connectivity index (χ1v) is 7.74. The van der Waals surface area contributed by atoms with Crippen molar-refractivity contribution in [2.45, 2.75) is 32.8 Å². The van der Waals surface area contributed by atoms with Crippen LogP contribution in [-0.4, -0.2) is 40.1 Å². The third kappa shape index (κ3) is 3.85. The molecule has 0 aliphatic carbocycles. The molecule has 5 nitrogen and oxygen atoms in total. The number of carbonyl (C=O) groups excluding carboxylic acids is 1. The van der Waals surface area contributed by atoms with Gasteiger partial charge < -0.3 is 15.1 Å². The summed E-state index contributed by atoms with van der Waals surface area (Å²) < 4.78 is 0. The number of aliphatic carboxylic acids is 1. The first kappa shape index (κ1) is 16.5. The summed E-state index contributed by atoms with van der Waals surface area (Å²) in [5.41, 5.74) is 1.69. The Morgan fingerprint density at radius 1 is 1.18 bits per heavy atom. The van der Waals surface area contributed by atoms with Gasteiger partial charge in [-0.2, -0.15) is 0 Å². The van der Waals surface area contributed by atoms with Gasteiger partial charge in [0.05, 0.1) is 18.9 Å². The van der Waals surface area contributed by atoms with E-state index in [9.17, 15) is 14.7 Å². The molecule has 1 amide bonds. The van der Waals surface area contributed by atoms with E-state index in [-0.39, 0.29) is 24.9 Å². The van der Waals surface area contributed by atoms with Crippen molar-refractivity contribution in [3.05, 3.63) is 35.4 Å². The van der Waals surface area contributed by atoms with E-state index < -0.39 is 11.9 Å². The van der Waals surface area contributed by atoms with Crippen LogP contribution in [0.3, 0.4) is 0 Å². The number of nitrogens with zero attached hydrogens (tertiary/aromatic N) is 1. The van der Waals surface area contributed by atoms with Gasteiger partial charge >= 0.3 is 5.97 Å². The number of rotatable bonds is 6. The predicted octanol–water partition coefficient (Wildman–Crippen LogP) is 1.68. The number of hydrogen-bond acceptors (Lipinski definition) is 3. The number of aliphatic hydroxyl groups excluding tert-OH is 1. The maximum atomic E-state index is 12.4. The van der Waals surface area contributed by atoms with Gasteiger partial charge in [0.25, 0.3) is 0 Å². The monoisotopic (exact) mass is 305 g/mol. The number of likely N-dealkylation sites (tertiary alicyclic amines) is 1. The second-order valence-corrected chi connectivity index (χ2v) is 5.94. The number of carboxylic acid groups (broad SMARTS) is 1. The Hall–Kier alpha value is -1.88. The van der Waals surface area contributed by atoms with Crippen molar-refractivity contribution in [3.63, 3.8) is 0 Å². The molecule has 1 aliphatic heterocycles. The Labute approximate surface area is 130 Å². The van der Waals surface area contributed by atoms with Crippen molar-refractivity contribution in [1.29, 1.82) is 0 Å². The van der Waals surface area contributed by atoms with Gasteiger partial charge in [-0.3, -0.25) is 9.59 Å². The predicted molar refractivity (Wildman–Crippen MR) is 82.2 cm³/mol. The van der Waals surface area contributed by atoms with E-state index in [1.165, 1.54) is 0 Å². The summed E-state index contributed by atoms with van der Waals surface area (Å²) in [5, 5.41) is 18.3. The molecule has 0 radical (unpaired) electrons. The zero-order valence-corrected chi connectivity index (χ0v) is 12.9. The number of amides is 1. The number of carbonyl (C=O) groups is 2. The fraction of sp³-hybridized carbons (Fsp3) is 0.529. The van der Waals surface area contributed by atoms with Gasteiger partial charge in [0.1, 0.15) is 0 Å². The molecule has 1 heterocycles. The summed E-state index contributed by atoms with van der Waals surface area (Å²) in [4.78, 5) is 25.4. The van der Waals surface area contributed by atoms with Crippen molar-refractivity contribution < 1.29 is 19.8 Å². The van der Waals surface area contributed by atoms with Crippen LogP contribution in [0.2, 0.25) is 0 Å². The van der Waals surface area contributed by atoms with Crippen molar-refractivity contribution in [3.8, 4) is 0 Å². The van der Waals surface area contributed by atoms with Gasteiger partial charge in [-0.05, 0) is 23.5 Å². The summed E-state index contributed by atoms with van der Waals surface area (Å²) in [5.74, 6) is -1.22. The number of hydrogen-bond donors (Lipinski definition) is 2. The molecule has 120 valence electrons. The largest absolute Gasteiger partial charge is 0.481 e. The SMILES string of the molecule is CCC[C@@H]1CN(C(=O)Cc2ccc(CO)cc2)C[C@H]1C(=O)O. The van der Waals surface area contributed by atoms with Crippen LogP contribution in [0.25, 0.3) is 0 Å². The van der Waals surface area contributed by atoms with Crippen LogP contribution in [0.1, 0.15) is 30.9 Å². The van der Waals surface area contributed by atoms with E-state index in [1.807, 2.05) is 19.1 Å². The molecule has 1 fully saturated rings. The van der Waals surface area contributed by atoms with Gasteiger partial charge in [0.15, 0.2) is 0 Å². The second-order valence-electron chi connectivity index (χ2n) is 5.94. The molecule has 0 aromatic heterocycles. The fourth-order valence-corrected chi connectivity index (χ4v) is 3.07. The lowest BCUT2D eigenvalue weighted by atomic mass is 9.92. The van der Waals surface area contributed by atoms with Gasteiger partial charge in [-0.15, -0.1) is 0 Å². The van der Waals surface area contributed by atoms with Crippen LogP contribution in [-0.2, 0) is 22.6 Å². The Morgan fingerprint density at radius 2 is 1.82 bits per heavy atom. The lowest BCUT2D eigenvalue weighted by Gasteiger charge is -2.16. The Morgan fingerprint density at radius 3 is 2.36 bits per heavy atom. The summed E-state index contributed by atoms with van der Waals surface area (Å²) in [7, 11) is 0. The maximum absolute atomic E-state index is 12.4. The highest BCUT2D eigenvalue weighted by atomic mass is 16.4. The van der Waals surface area contributed by atoms with Crippen molar-refractivity contribution in [2.75, 3.05) is 13.1 Å². The maximum Gasteiger partial charge on any atom is 0.308 e. The highest BCUT2D eigenvalue weighted by molar-refractivity contribution is 5.81. The number of carboxylic acids is 1. The van der Waals surface area contributed by atoms with Crippen LogP contribution in [0.5, 0.6) is 0 Å². The van der Waals surface area contributed by atoms with Gasteiger partial charge in [-0.1, -0.05) is 37.6 Å². The highest BCUT2D eigenvalue weighted by Gasteiger charge is 2.38. The van der Waals surface area contributed by atoms with E-state index in [2.05, 4.69) is 0 Å². The van der Waals surface area contributed by atoms with Gasteiger partial charge in [0.2, 0.25) is 5.91 Å². The van der Waals surface area contributed by atoms with Gasteiger partial charge in [0, 0.05) is 13.1 Å². The minimum Gasteiger partial charge on any atom is -0.481 e. The van der Waals surface area contributed by atoms with Crippen molar-refractivity contribution >= 4 is 11.9 Å². The highest BCUT2D eigenvalue weighted by Crippen LogP contribution is 2.28. The average Bonchev–Trinajstić information content (AvgIpc) is 2.93. The number of aliphatic hydroxyl groups is 1. The van der Waals surface area contributed by atoms with Gasteiger partial charge in [-0.25, -0.2) is 0 Å². The second kappa shape index (κ2) is 7.40. The molecule has 0 saturated carbocycles. The van der Waals surface area contributed by atoms with E-state index in [0.717, 1.165) is 24.0 Å². The van der Waals surface area contributed by atoms with E-state index >= 15 is 0 Å². The zero-order chi connectivity index (χ0) is 16.1.